The Morgan fingerprint density at radius 1 is 1.22 bits per heavy atom. The molecule has 0 aromatic heterocycles. The minimum atomic E-state index is -0.0368. The number of hydrogen-bond donors (Lipinski definition) is 1. The molecule has 98 valence electrons. The SMILES string of the molecule is Cc1ccc(N2CC(C)(C)NCCC2=O)cc1C. The van der Waals surface area contributed by atoms with Crippen LogP contribution in [0.2, 0.25) is 0 Å². The smallest absolute Gasteiger partial charge is 0.228 e. The molecule has 1 fully saturated rings. The van der Waals surface area contributed by atoms with E-state index in [9.17, 15) is 4.79 Å². The van der Waals surface area contributed by atoms with E-state index in [0.29, 0.717) is 13.0 Å². The summed E-state index contributed by atoms with van der Waals surface area (Å²) in [4.78, 5) is 14.1. The van der Waals surface area contributed by atoms with Gasteiger partial charge in [0.15, 0.2) is 0 Å². The van der Waals surface area contributed by atoms with E-state index in [2.05, 4.69) is 45.1 Å². The molecule has 1 N–H and O–H groups in total. The third kappa shape index (κ3) is 2.72. The van der Waals surface area contributed by atoms with Gasteiger partial charge in [-0.1, -0.05) is 6.07 Å². The van der Waals surface area contributed by atoms with Crippen molar-refractivity contribution in [2.75, 3.05) is 18.0 Å². The van der Waals surface area contributed by atoms with E-state index in [1.54, 1.807) is 0 Å². The second-order valence-corrected chi connectivity index (χ2v) is 5.81. The zero-order valence-corrected chi connectivity index (χ0v) is 11.7. The summed E-state index contributed by atoms with van der Waals surface area (Å²) in [5.41, 5.74) is 3.47. The van der Waals surface area contributed by atoms with E-state index in [1.165, 1.54) is 11.1 Å². The van der Waals surface area contributed by atoms with Crippen molar-refractivity contribution in [3.8, 4) is 0 Å². The maximum absolute atomic E-state index is 12.2. The Morgan fingerprint density at radius 3 is 2.61 bits per heavy atom. The van der Waals surface area contributed by atoms with Gasteiger partial charge in [0.1, 0.15) is 0 Å². The van der Waals surface area contributed by atoms with Crippen LogP contribution in [-0.2, 0) is 4.79 Å². The average molecular weight is 246 g/mol. The van der Waals surface area contributed by atoms with Crippen molar-refractivity contribution in [3.63, 3.8) is 0 Å². The van der Waals surface area contributed by atoms with Gasteiger partial charge >= 0.3 is 0 Å². The molecule has 0 spiro atoms. The van der Waals surface area contributed by atoms with Crippen LogP contribution in [0.3, 0.4) is 0 Å². The van der Waals surface area contributed by atoms with Gasteiger partial charge in [0, 0.05) is 30.7 Å². The summed E-state index contributed by atoms with van der Waals surface area (Å²) in [5.74, 6) is 0.205. The van der Waals surface area contributed by atoms with Gasteiger partial charge in [-0.05, 0) is 51.0 Å². The highest BCUT2D eigenvalue weighted by Gasteiger charge is 2.28. The van der Waals surface area contributed by atoms with Gasteiger partial charge in [-0.15, -0.1) is 0 Å². The maximum atomic E-state index is 12.2. The number of anilines is 1. The lowest BCUT2D eigenvalue weighted by Gasteiger charge is -2.30. The maximum Gasteiger partial charge on any atom is 0.228 e. The lowest BCUT2D eigenvalue weighted by atomic mass is 10.0. The fourth-order valence-corrected chi connectivity index (χ4v) is 2.31. The highest BCUT2D eigenvalue weighted by Crippen LogP contribution is 2.23. The summed E-state index contributed by atoms with van der Waals surface area (Å²) >= 11 is 0. The first-order valence-corrected chi connectivity index (χ1v) is 6.52. The normalized spacial score (nSPS) is 19.8. The molecule has 0 saturated carbocycles. The number of carbonyl (C=O) groups excluding carboxylic acids is 1. The summed E-state index contributed by atoms with van der Waals surface area (Å²) in [6, 6.07) is 6.24. The molecule has 0 atom stereocenters. The van der Waals surface area contributed by atoms with Crippen molar-refractivity contribution in [3.05, 3.63) is 29.3 Å². The molecule has 1 saturated heterocycles. The van der Waals surface area contributed by atoms with Crippen LogP contribution < -0.4 is 10.2 Å². The molecule has 0 unspecified atom stereocenters. The predicted molar refractivity (Wildman–Crippen MR) is 75.0 cm³/mol. The Balaban J connectivity index is 2.33. The summed E-state index contributed by atoms with van der Waals surface area (Å²) in [6.07, 6.45) is 0.566. The Labute approximate surface area is 109 Å². The van der Waals surface area contributed by atoms with E-state index >= 15 is 0 Å². The monoisotopic (exact) mass is 246 g/mol. The third-order valence-electron chi connectivity index (χ3n) is 3.60. The van der Waals surface area contributed by atoms with Crippen LogP contribution in [0.4, 0.5) is 5.69 Å². The van der Waals surface area contributed by atoms with Gasteiger partial charge in [-0.25, -0.2) is 0 Å². The zero-order valence-electron chi connectivity index (χ0n) is 11.7. The summed E-state index contributed by atoms with van der Waals surface area (Å²) in [5, 5.41) is 3.41. The van der Waals surface area contributed by atoms with Crippen LogP contribution in [0.1, 0.15) is 31.4 Å². The molecule has 1 amide bonds. The lowest BCUT2D eigenvalue weighted by molar-refractivity contribution is -0.118. The van der Waals surface area contributed by atoms with E-state index in [0.717, 1.165) is 12.2 Å². The molecule has 1 aromatic carbocycles. The van der Waals surface area contributed by atoms with Crippen molar-refractivity contribution in [1.29, 1.82) is 0 Å². The Kier molecular flexibility index (Phi) is 3.44. The summed E-state index contributed by atoms with van der Waals surface area (Å²) < 4.78 is 0. The Bertz CT molecular complexity index is 466. The molecule has 1 aliphatic rings. The van der Waals surface area contributed by atoms with Crippen molar-refractivity contribution in [1.82, 2.24) is 5.32 Å². The van der Waals surface area contributed by atoms with Crippen molar-refractivity contribution >= 4 is 11.6 Å². The topological polar surface area (TPSA) is 32.3 Å². The minimum Gasteiger partial charge on any atom is -0.311 e. The largest absolute Gasteiger partial charge is 0.311 e. The molecular weight excluding hydrogens is 224 g/mol. The van der Waals surface area contributed by atoms with Crippen molar-refractivity contribution < 1.29 is 4.79 Å². The second kappa shape index (κ2) is 4.73. The molecule has 2 rings (SSSR count). The van der Waals surface area contributed by atoms with Crippen LogP contribution in [0.5, 0.6) is 0 Å². The van der Waals surface area contributed by atoms with Gasteiger partial charge < -0.3 is 10.2 Å². The number of benzene rings is 1. The van der Waals surface area contributed by atoms with Crippen molar-refractivity contribution in [2.45, 2.75) is 39.7 Å². The number of amides is 1. The fraction of sp³-hybridized carbons (Fsp3) is 0.533. The van der Waals surface area contributed by atoms with Gasteiger partial charge in [-0.3, -0.25) is 4.79 Å². The van der Waals surface area contributed by atoms with Gasteiger partial charge in [0.2, 0.25) is 5.91 Å². The second-order valence-electron chi connectivity index (χ2n) is 5.81. The molecule has 3 nitrogen and oxygen atoms in total. The zero-order chi connectivity index (χ0) is 13.3. The number of hydrogen-bond acceptors (Lipinski definition) is 2. The Morgan fingerprint density at radius 2 is 1.94 bits per heavy atom. The third-order valence-corrected chi connectivity index (χ3v) is 3.60. The highest BCUT2D eigenvalue weighted by atomic mass is 16.2. The van der Waals surface area contributed by atoms with Crippen LogP contribution in [0.25, 0.3) is 0 Å². The highest BCUT2D eigenvalue weighted by molar-refractivity contribution is 5.94. The molecule has 0 radical (unpaired) electrons. The van der Waals surface area contributed by atoms with Crippen LogP contribution in [0, 0.1) is 13.8 Å². The predicted octanol–water partition coefficient (Wildman–Crippen LogP) is 2.41. The number of rotatable bonds is 1. The number of carbonyl (C=O) groups is 1. The first kappa shape index (κ1) is 13.1. The molecule has 1 aliphatic heterocycles. The van der Waals surface area contributed by atoms with Gasteiger partial charge in [0.05, 0.1) is 0 Å². The first-order chi connectivity index (χ1) is 8.39. The van der Waals surface area contributed by atoms with E-state index in [1.807, 2.05) is 11.0 Å². The Hall–Kier alpha value is -1.35. The first-order valence-electron chi connectivity index (χ1n) is 6.52. The molecular formula is C15H22N2O. The number of aryl methyl sites for hydroxylation is 2. The van der Waals surface area contributed by atoms with Crippen LogP contribution in [-0.4, -0.2) is 24.5 Å². The fourth-order valence-electron chi connectivity index (χ4n) is 2.31. The van der Waals surface area contributed by atoms with E-state index in [4.69, 9.17) is 0 Å². The lowest BCUT2D eigenvalue weighted by Crippen LogP contribution is -2.47. The summed E-state index contributed by atoms with van der Waals surface area (Å²) in [6.45, 7) is 9.93. The average Bonchev–Trinajstić information content (AvgIpc) is 2.42. The standard InChI is InChI=1S/C15H22N2O/c1-11-5-6-13(9-12(11)2)17-10-15(3,4)16-8-7-14(17)18/h5-6,9,16H,7-8,10H2,1-4H3. The molecule has 0 aliphatic carbocycles. The molecule has 3 heteroatoms. The quantitative estimate of drug-likeness (QED) is 0.825. The van der Waals surface area contributed by atoms with E-state index < -0.39 is 0 Å². The molecule has 18 heavy (non-hydrogen) atoms. The number of nitrogens with zero attached hydrogens (tertiary/aromatic N) is 1. The van der Waals surface area contributed by atoms with Crippen molar-refractivity contribution in [2.24, 2.45) is 0 Å². The van der Waals surface area contributed by atoms with Crippen LogP contribution in [0.15, 0.2) is 18.2 Å². The van der Waals surface area contributed by atoms with E-state index in [-0.39, 0.29) is 11.4 Å². The summed E-state index contributed by atoms with van der Waals surface area (Å²) in [7, 11) is 0. The molecule has 1 aromatic rings. The number of nitrogens with one attached hydrogen (secondary N) is 1. The molecule has 0 bridgehead atoms. The van der Waals surface area contributed by atoms with Crippen LogP contribution >= 0.6 is 0 Å². The van der Waals surface area contributed by atoms with Gasteiger partial charge in [0.25, 0.3) is 0 Å². The molecule has 1 heterocycles. The minimum absolute atomic E-state index is 0.0368. The van der Waals surface area contributed by atoms with Gasteiger partial charge in [-0.2, -0.15) is 0 Å².